The van der Waals surface area contributed by atoms with Crippen LogP contribution >= 0.6 is 0 Å². The molecule has 0 spiro atoms. The monoisotopic (exact) mass is 321 g/mol. The highest BCUT2D eigenvalue weighted by atomic mass is 32.2. The Hall–Kier alpha value is -2.35. The summed E-state index contributed by atoms with van der Waals surface area (Å²) in [5.41, 5.74) is 1.27. The third kappa shape index (κ3) is 2.35. The summed E-state index contributed by atoms with van der Waals surface area (Å²) in [4.78, 5) is 11.0. The number of aryl methyl sites for hydroxylation is 1. The van der Waals surface area contributed by atoms with Gasteiger partial charge in [0.15, 0.2) is 5.03 Å². The number of carbonyl (C=O) groups is 1. The van der Waals surface area contributed by atoms with Gasteiger partial charge in [-0.05, 0) is 17.7 Å². The van der Waals surface area contributed by atoms with E-state index in [1.807, 2.05) is 0 Å². The van der Waals surface area contributed by atoms with E-state index in [9.17, 15) is 13.2 Å². The molecule has 1 aromatic heterocycles. The molecule has 1 aromatic carbocycles. The summed E-state index contributed by atoms with van der Waals surface area (Å²) >= 11 is 0. The Morgan fingerprint density at radius 3 is 2.73 bits per heavy atom. The number of nitrogens with zero attached hydrogens (tertiary/aromatic N) is 3. The Kier molecular flexibility index (Phi) is 3.40. The highest BCUT2D eigenvalue weighted by molar-refractivity contribution is 7.92. The highest BCUT2D eigenvalue weighted by Crippen LogP contribution is 2.40. The third-order valence-electron chi connectivity index (χ3n) is 3.70. The van der Waals surface area contributed by atoms with E-state index in [0.717, 1.165) is 5.56 Å². The molecule has 0 amide bonds. The first-order chi connectivity index (χ1) is 10.4. The van der Waals surface area contributed by atoms with E-state index in [1.54, 1.807) is 37.5 Å². The molecule has 0 saturated carbocycles. The maximum absolute atomic E-state index is 12.7. The van der Waals surface area contributed by atoms with Crippen LogP contribution in [-0.4, -0.2) is 35.8 Å². The molecule has 2 heterocycles. The molecule has 0 radical (unpaired) electrons. The molecule has 1 N–H and O–H groups in total. The maximum atomic E-state index is 12.7. The first-order valence-corrected chi connectivity index (χ1v) is 8.16. The summed E-state index contributed by atoms with van der Waals surface area (Å²) in [7, 11) is -2.15. The smallest absolute Gasteiger partial charge is 0.304 e. The SMILES string of the molecule is Cn1ccc(S(=O)(=O)N2CC(CC(=O)O)c3ccccc32)n1. The molecule has 1 atom stereocenters. The summed E-state index contributed by atoms with van der Waals surface area (Å²) in [5.74, 6) is -1.30. The minimum Gasteiger partial charge on any atom is -0.481 e. The predicted molar refractivity (Wildman–Crippen MR) is 79.2 cm³/mol. The van der Waals surface area contributed by atoms with Gasteiger partial charge < -0.3 is 5.11 Å². The van der Waals surface area contributed by atoms with E-state index in [-0.39, 0.29) is 23.9 Å². The Labute approximate surface area is 127 Å². The van der Waals surface area contributed by atoms with Crippen LogP contribution in [0.15, 0.2) is 41.6 Å². The Balaban J connectivity index is 2.04. The summed E-state index contributed by atoms with van der Waals surface area (Å²) in [5, 5.41) is 12.9. The Morgan fingerprint density at radius 2 is 2.09 bits per heavy atom. The molecule has 0 bridgehead atoms. The topological polar surface area (TPSA) is 92.5 Å². The summed E-state index contributed by atoms with van der Waals surface area (Å²) in [6, 6.07) is 8.42. The van der Waals surface area contributed by atoms with Crippen molar-refractivity contribution in [1.82, 2.24) is 9.78 Å². The second kappa shape index (κ2) is 5.13. The van der Waals surface area contributed by atoms with E-state index < -0.39 is 16.0 Å². The van der Waals surface area contributed by atoms with Gasteiger partial charge in [-0.2, -0.15) is 13.5 Å². The molecule has 1 aliphatic heterocycles. The quantitative estimate of drug-likeness (QED) is 0.913. The lowest BCUT2D eigenvalue weighted by Gasteiger charge is -2.18. The van der Waals surface area contributed by atoms with E-state index in [4.69, 9.17) is 5.11 Å². The first-order valence-electron chi connectivity index (χ1n) is 6.72. The van der Waals surface area contributed by atoms with E-state index in [2.05, 4.69) is 5.10 Å². The van der Waals surface area contributed by atoms with Crippen molar-refractivity contribution in [3.8, 4) is 0 Å². The predicted octanol–water partition coefficient (Wildman–Crippen LogP) is 1.19. The van der Waals surface area contributed by atoms with Gasteiger partial charge in [-0.25, -0.2) is 0 Å². The van der Waals surface area contributed by atoms with Crippen molar-refractivity contribution in [2.75, 3.05) is 10.8 Å². The van der Waals surface area contributed by atoms with Gasteiger partial charge in [-0.3, -0.25) is 13.8 Å². The van der Waals surface area contributed by atoms with Gasteiger partial charge >= 0.3 is 5.97 Å². The number of para-hydroxylation sites is 1. The highest BCUT2D eigenvalue weighted by Gasteiger charge is 2.38. The largest absolute Gasteiger partial charge is 0.481 e. The lowest BCUT2D eigenvalue weighted by atomic mass is 9.98. The molecule has 2 aromatic rings. The third-order valence-corrected chi connectivity index (χ3v) is 5.37. The fourth-order valence-electron chi connectivity index (χ4n) is 2.71. The average molecular weight is 321 g/mol. The molecular weight excluding hydrogens is 306 g/mol. The zero-order valence-corrected chi connectivity index (χ0v) is 12.7. The molecule has 0 fully saturated rings. The average Bonchev–Trinajstić information content (AvgIpc) is 3.04. The number of sulfonamides is 1. The molecule has 116 valence electrons. The van der Waals surface area contributed by atoms with E-state index >= 15 is 0 Å². The van der Waals surface area contributed by atoms with Gasteiger partial charge in [-0.15, -0.1) is 0 Å². The second-order valence-electron chi connectivity index (χ2n) is 5.22. The molecule has 1 aliphatic rings. The minimum atomic E-state index is -3.79. The van der Waals surface area contributed by atoms with Gasteiger partial charge in [0.1, 0.15) is 0 Å². The van der Waals surface area contributed by atoms with Crippen molar-refractivity contribution in [3.63, 3.8) is 0 Å². The fraction of sp³-hybridized carbons (Fsp3) is 0.286. The number of benzene rings is 1. The zero-order valence-electron chi connectivity index (χ0n) is 11.9. The Bertz CT molecular complexity index is 828. The Morgan fingerprint density at radius 1 is 1.36 bits per heavy atom. The van der Waals surface area contributed by atoms with Gasteiger partial charge in [0, 0.05) is 25.7 Å². The summed E-state index contributed by atoms with van der Waals surface area (Å²) in [6.07, 6.45) is 1.45. The number of hydrogen-bond donors (Lipinski definition) is 1. The van der Waals surface area contributed by atoms with Crippen molar-refractivity contribution in [1.29, 1.82) is 0 Å². The van der Waals surface area contributed by atoms with Crippen LogP contribution in [0.5, 0.6) is 0 Å². The molecule has 0 saturated heterocycles. The van der Waals surface area contributed by atoms with Gasteiger partial charge in [0.05, 0.1) is 12.1 Å². The number of aliphatic carboxylic acids is 1. The van der Waals surface area contributed by atoms with Crippen LogP contribution in [0.3, 0.4) is 0 Å². The zero-order chi connectivity index (χ0) is 15.9. The number of anilines is 1. The molecule has 0 aliphatic carbocycles. The molecule has 1 unspecified atom stereocenters. The number of hydrogen-bond acceptors (Lipinski definition) is 4. The number of fused-ring (bicyclic) bond motifs is 1. The van der Waals surface area contributed by atoms with Crippen molar-refractivity contribution in [2.45, 2.75) is 17.4 Å². The van der Waals surface area contributed by atoms with Crippen LogP contribution < -0.4 is 4.31 Å². The number of rotatable bonds is 4. The van der Waals surface area contributed by atoms with Crippen molar-refractivity contribution in [2.24, 2.45) is 7.05 Å². The van der Waals surface area contributed by atoms with Crippen LogP contribution in [-0.2, 0) is 21.9 Å². The summed E-state index contributed by atoms with van der Waals surface area (Å²) in [6.45, 7) is 0.116. The second-order valence-corrected chi connectivity index (χ2v) is 7.03. The van der Waals surface area contributed by atoms with Crippen molar-refractivity contribution >= 4 is 21.7 Å². The first kappa shape index (κ1) is 14.6. The van der Waals surface area contributed by atoms with Crippen LogP contribution in [0, 0.1) is 0 Å². The summed E-state index contributed by atoms with van der Waals surface area (Å²) < 4.78 is 28.2. The van der Waals surface area contributed by atoms with E-state index in [0.29, 0.717) is 5.69 Å². The van der Waals surface area contributed by atoms with Crippen LogP contribution in [0.2, 0.25) is 0 Å². The standard InChI is InChI=1S/C14H15N3O4S/c1-16-7-6-13(15-16)22(20,21)17-9-10(8-14(18)19)11-4-2-3-5-12(11)17/h2-7,10H,8-9H2,1H3,(H,18,19). The van der Waals surface area contributed by atoms with Crippen molar-refractivity contribution < 1.29 is 18.3 Å². The molecular formula is C14H15N3O4S. The molecule has 3 rings (SSSR count). The molecule has 8 heteroatoms. The normalized spacial score (nSPS) is 17.5. The number of carboxylic acid groups (broad SMARTS) is 1. The minimum absolute atomic E-state index is 0.0409. The van der Waals surface area contributed by atoms with Crippen LogP contribution in [0.25, 0.3) is 0 Å². The molecule has 22 heavy (non-hydrogen) atoms. The number of carboxylic acids is 1. The van der Waals surface area contributed by atoms with Gasteiger partial charge in [0.2, 0.25) is 0 Å². The van der Waals surface area contributed by atoms with Gasteiger partial charge in [0.25, 0.3) is 10.0 Å². The maximum Gasteiger partial charge on any atom is 0.304 e. The number of aromatic nitrogens is 2. The van der Waals surface area contributed by atoms with Crippen LogP contribution in [0.1, 0.15) is 17.9 Å². The van der Waals surface area contributed by atoms with Crippen molar-refractivity contribution in [3.05, 3.63) is 42.1 Å². The fourth-order valence-corrected chi connectivity index (χ4v) is 4.21. The van der Waals surface area contributed by atoms with Crippen LogP contribution in [0.4, 0.5) is 5.69 Å². The lowest BCUT2D eigenvalue weighted by Crippen LogP contribution is -2.30. The van der Waals surface area contributed by atoms with E-state index in [1.165, 1.54) is 15.1 Å². The lowest BCUT2D eigenvalue weighted by molar-refractivity contribution is -0.137. The molecule has 7 nitrogen and oxygen atoms in total. The van der Waals surface area contributed by atoms with Gasteiger partial charge in [-0.1, -0.05) is 18.2 Å².